The molecule has 0 spiro atoms. The van der Waals surface area contributed by atoms with E-state index in [2.05, 4.69) is 31.0 Å². The third kappa shape index (κ3) is 4.09. The van der Waals surface area contributed by atoms with E-state index in [1.54, 1.807) is 0 Å². The second-order valence-corrected chi connectivity index (χ2v) is 6.93. The minimum absolute atomic E-state index is 0.135. The Morgan fingerprint density at radius 1 is 1.37 bits per heavy atom. The fourth-order valence-corrected chi connectivity index (χ4v) is 2.99. The van der Waals surface area contributed by atoms with Crippen LogP contribution in [0.1, 0.15) is 32.8 Å². The molecular weight excluding hydrogens is 279 g/mol. The van der Waals surface area contributed by atoms with E-state index >= 15 is 0 Å². The summed E-state index contributed by atoms with van der Waals surface area (Å²) >= 11 is 12.3. The Labute approximate surface area is 126 Å². The van der Waals surface area contributed by atoms with Crippen molar-refractivity contribution in [1.82, 2.24) is 10.2 Å². The highest BCUT2D eigenvalue weighted by molar-refractivity contribution is 6.33. The Bertz CT molecular complexity index is 446. The average molecular weight is 301 g/mol. The van der Waals surface area contributed by atoms with Gasteiger partial charge in [0, 0.05) is 34.7 Å². The molecule has 1 unspecified atom stereocenters. The van der Waals surface area contributed by atoms with Crippen LogP contribution in [0.3, 0.4) is 0 Å². The molecule has 2 rings (SSSR count). The smallest absolute Gasteiger partial charge is 0.0452 e. The molecule has 1 aliphatic heterocycles. The molecule has 1 aromatic rings. The topological polar surface area (TPSA) is 15.3 Å². The molecule has 1 N–H and O–H groups in total. The Balaban J connectivity index is 2.17. The molecular formula is C15H22Cl2N2. The standard InChI is InChI=1S/C15H22Cl2N2/c1-11-6-7-18-15(2,3)10-19(11)9-12-8-13(16)4-5-14(12)17/h4-5,8,11,18H,6-7,9-10H2,1-3H3. The van der Waals surface area contributed by atoms with Gasteiger partial charge >= 0.3 is 0 Å². The highest BCUT2D eigenvalue weighted by Crippen LogP contribution is 2.25. The monoisotopic (exact) mass is 300 g/mol. The fraction of sp³-hybridized carbons (Fsp3) is 0.600. The van der Waals surface area contributed by atoms with E-state index in [4.69, 9.17) is 23.2 Å². The van der Waals surface area contributed by atoms with Crippen LogP contribution in [-0.4, -0.2) is 29.6 Å². The largest absolute Gasteiger partial charge is 0.310 e. The van der Waals surface area contributed by atoms with E-state index in [1.807, 2.05) is 18.2 Å². The third-order valence-corrected chi connectivity index (χ3v) is 4.37. The van der Waals surface area contributed by atoms with Crippen molar-refractivity contribution in [1.29, 1.82) is 0 Å². The van der Waals surface area contributed by atoms with Crippen molar-refractivity contribution in [3.8, 4) is 0 Å². The molecule has 0 radical (unpaired) electrons. The lowest BCUT2D eigenvalue weighted by atomic mass is 10.0. The Kier molecular flexibility index (Phi) is 4.78. The van der Waals surface area contributed by atoms with Crippen molar-refractivity contribution >= 4 is 23.2 Å². The third-order valence-electron chi connectivity index (χ3n) is 3.77. The maximum Gasteiger partial charge on any atom is 0.0452 e. The molecule has 1 aromatic carbocycles. The fourth-order valence-electron chi connectivity index (χ4n) is 2.62. The normalized spacial score (nSPS) is 24.2. The van der Waals surface area contributed by atoms with Crippen LogP contribution >= 0.6 is 23.2 Å². The van der Waals surface area contributed by atoms with Crippen LogP contribution in [-0.2, 0) is 6.54 Å². The number of nitrogens with one attached hydrogen (secondary N) is 1. The number of nitrogens with zero attached hydrogens (tertiary/aromatic N) is 1. The Morgan fingerprint density at radius 3 is 2.84 bits per heavy atom. The van der Waals surface area contributed by atoms with E-state index in [0.29, 0.717) is 6.04 Å². The summed E-state index contributed by atoms with van der Waals surface area (Å²) in [5.41, 5.74) is 1.24. The maximum atomic E-state index is 6.27. The van der Waals surface area contributed by atoms with Gasteiger partial charge in [0.25, 0.3) is 0 Å². The highest BCUT2D eigenvalue weighted by Gasteiger charge is 2.28. The van der Waals surface area contributed by atoms with Gasteiger partial charge in [-0.05, 0) is 57.5 Å². The molecule has 0 amide bonds. The van der Waals surface area contributed by atoms with Crippen molar-refractivity contribution in [3.05, 3.63) is 33.8 Å². The second kappa shape index (κ2) is 6.01. The van der Waals surface area contributed by atoms with Crippen LogP contribution in [0.2, 0.25) is 10.0 Å². The van der Waals surface area contributed by atoms with Crippen molar-refractivity contribution in [3.63, 3.8) is 0 Å². The van der Waals surface area contributed by atoms with E-state index < -0.39 is 0 Å². The van der Waals surface area contributed by atoms with Crippen molar-refractivity contribution in [2.75, 3.05) is 13.1 Å². The summed E-state index contributed by atoms with van der Waals surface area (Å²) in [5, 5.41) is 5.14. The van der Waals surface area contributed by atoms with Gasteiger partial charge in [0.15, 0.2) is 0 Å². The van der Waals surface area contributed by atoms with Gasteiger partial charge in [-0.1, -0.05) is 23.2 Å². The summed E-state index contributed by atoms with van der Waals surface area (Å²) in [4.78, 5) is 2.48. The molecule has 0 aliphatic carbocycles. The van der Waals surface area contributed by atoms with E-state index in [9.17, 15) is 0 Å². The molecule has 1 heterocycles. The first-order valence-corrected chi connectivity index (χ1v) is 7.56. The number of hydrogen-bond acceptors (Lipinski definition) is 2. The summed E-state index contributed by atoms with van der Waals surface area (Å²) in [6.45, 7) is 9.70. The van der Waals surface area contributed by atoms with Gasteiger partial charge in [0.2, 0.25) is 0 Å². The van der Waals surface area contributed by atoms with Gasteiger partial charge in [-0.2, -0.15) is 0 Å². The zero-order valence-corrected chi connectivity index (χ0v) is 13.4. The molecule has 106 valence electrons. The van der Waals surface area contributed by atoms with Crippen LogP contribution in [0, 0.1) is 0 Å². The molecule has 1 saturated heterocycles. The first-order chi connectivity index (χ1) is 8.87. The van der Waals surface area contributed by atoms with Crippen LogP contribution in [0.4, 0.5) is 0 Å². The molecule has 0 aromatic heterocycles. The maximum absolute atomic E-state index is 6.27. The first-order valence-electron chi connectivity index (χ1n) is 6.80. The van der Waals surface area contributed by atoms with Crippen LogP contribution < -0.4 is 5.32 Å². The van der Waals surface area contributed by atoms with Gasteiger partial charge in [0.05, 0.1) is 0 Å². The van der Waals surface area contributed by atoms with Gasteiger partial charge in [-0.3, -0.25) is 4.90 Å². The zero-order valence-electron chi connectivity index (χ0n) is 11.8. The van der Waals surface area contributed by atoms with Gasteiger partial charge < -0.3 is 5.32 Å². The second-order valence-electron chi connectivity index (χ2n) is 6.09. The Hall–Kier alpha value is -0.280. The lowest BCUT2D eigenvalue weighted by Gasteiger charge is -2.33. The van der Waals surface area contributed by atoms with Gasteiger partial charge in [-0.25, -0.2) is 0 Å². The summed E-state index contributed by atoms with van der Waals surface area (Å²) in [5.74, 6) is 0. The molecule has 1 aliphatic rings. The quantitative estimate of drug-likeness (QED) is 0.889. The van der Waals surface area contributed by atoms with Crippen molar-refractivity contribution in [2.45, 2.75) is 45.3 Å². The number of rotatable bonds is 2. The van der Waals surface area contributed by atoms with E-state index in [-0.39, 0.29) is 5.54 Å². The van der Waals surface area contributed by atoms with Crippen LogP contribution in [0.25, 0.3) is 0 Å². The molecule has 0 saturated carbocycles. The first kappa shape index (κ1) is 15.1. The lowest BCUT2D eigenvalue weighted by molar-refractivity contribution is 0.173. The molecule has 19 heavy (non-hydrogen) atoms. The lowest BCUT2D eigenvalue weighted by Crippen LogP contribution is -2.47. The zero-order chi connectivity index (χ0) is 14.0. The predicted octanol–water partition coefficient (Wildman–Crippen LogP) is 3.96. The summed E-state index contributed by atoms with van der Waals surface area (Å²) in [7, 11) is 0. The van der Waals surface area contributed by atoms with Crippen LogP contribution in [0.5, 0.6) is 0 Å². The number of hydrogen-bond donors (Lipinski definition) is 1. The summed E-state index contributed by atoms with van der Waals surface area (Å²) in [6, 6.07) is 6.24. The van der Waals surface area contributed by atoms with Gasteiger partial charge in [0.1, 0.15) is 0 Å². The molecule has 1 atom stereocenters. The Morgan fingerprint density at radius 2 is 2.11 bits per heavy atom. The number of halogens is 2. The molecule has 1 fully saturated rings. The summed E-state index contributed by atoms with van der Waals surface area (Å²) < 4.78 is 0. The minimum Gasteiger partial charge on any atom is -0.310 e. The summed E-state index contributed by atoms with van der Waals surface area (Å²) in [6.07, 6.45) is 1.15. The predicted molar refractivity (Wildman–Crippen MR) is 83.0 cm³/mol. The van der Waals surface area contributed by atoms with E-state index in [0.717, 1.165) is 41.7 Å². The highest BCUT2D eigenvalue weighted by atomic mass is 35.5. The molecule has 0 bridgehead atoms. The molecule has 2 nitrogen and oxygen atoms in total. The number of benzene rings is 1. The minimum atomic E-state index is 0.135. The van der Waals surface area contributed by atoms with Gasteiger partial charge in [-0.15, -0.1) is 0 Å². The van der Waals surface area contributed by atoms with Crippen molar-refractivity contribution in [2.24, 2.45) is 0 Å². The molecule has 4 heteroatoms. The van der Waals surface area contributed by atoms with Crippen molar-refractivity contribution < 1.29 is 0 Å². The van der Waals surface area contributed by atoms with E-state index in [1.165, 1.54) is 0 Å². The SMILES string of the molecule is CC1CCNC(C)(C)CN1Cc1cc(Cl)ccc1Cl. The average Bonchev–Trinajstić information content (AvgIpc) is 2.43. The van der Waals surface area contributed by atoms with Crippen LogP contribution in [0.15, 0.2) is 18.2 Å².